The van der Waals surface area contributed by atoms with Crippen molar-refractivity contribution < 1.29 is 21.6 Å². The van der Waals surface area contributed by atoms with E-state index in [1.54, 1.807) is 55.5 Å². The van der Waals surface area contributed by atoms with Gasteiger partial charge < -0.3 is 5.32 Å². The van der Waals surface area contributed by atoms with Crippen LogP contribution in [-0.2, 0) is 24.7 Å². The molecule has 3 rings (SSSR count). The third kappa shape index (κ3) is 6.25. The first-order valence-electron chi connectivity index (χ1n) is 10.3. The van der Waals surface area contributed by atoms with Crippen LogP contribution in [0, 0.1) is 6.92 Å². The van der Waals surface area contributed by atoms with Gasteiger partial charge in [0.15, 0.2) is 9.84 Å². The smallest absolute Gasteiger partial charge is 0.264 e. The summed E-state index contributed by atoms with van der Waals surface area (Å²) in [7, 11) is -7.34. The van der Waals surface area contributed by atoms with Crippen LogP contribution in [0.4, 0.5) is 5.69 Å². The Balaban J connectivity index is 1.85. The zero-order chi connectivity index (χ0) is 25.1. The van der Waals surface area contributed by atoms with Gasteiger partial charge in [-0.3, -0.25) is 9.10 Å². The Morgan fingerprint density at radius 2 is 1.41 bits per heavy atom. The summed E-state index contributed by atoms with van der Waals surface area (Å²) in [5.41, 5.74) is 1.96. The maximum Gasteiger partial charge on any atom is 0.264 e. The molecule has 3 aromatic carbocycles. The Morgan fingerprint density at radius 1 is 0.882 bits per heavy atom. The maximum absolute atomic E-state index is 13.4. The van der Waals surface area contributed by atoms with Crippen LogP contribution in [0.15, 0.2) is 87.1 Å². The zero-order valence-corrected chi connectivity index (χ0v) is 22.1. The number of benzene rings is 3. The van der Waals surface area contributed by atoms with E-state index in [2.05, 4.69) is 21.2 Å². The minimum absolute atomic E-state index is 0.0817. The average Bonchev–Trinajstić information content (AvgIpc) is 2.78. The Hall–Kier alpha value is -2.69. The number of hydrogen-bond donors (Lipinski definition) is 1. The number of aryl methyl sites for hydroxylation is 1. The molecular weight excluding hydrogens is 540 g/mol. The number of anilines is 1. The minimum Gasteiger partial charge on any atom is -0.348 e. The van der Waals surface area contributed by atoms with Crippen LogP contribution in [0.3, 0.4) is 0 Å². The first-order valence-corrected chi connectivity index (χ1v) is 14.4. The van der Waals surface area contributed by atoms with Gasteiger partial charge in [-0.15, -0.1) is 0 Å². The normalized spacial score (nSPS) is 12.7. The molecular formula is C24H25BrN2O5S2. The molecule has 1 amide bonds. The lowest BCUT2D eigenvalue weighted by Crippen LogP contribution is -2.41. The number of sulfonamides is 1. The number of rotatable bonds is 8. The van der Waals surface area contributed by atoms with Crippen molar-refractivity contribution in [1.82, 2.24) is 5.32 Å². The van der Waals surface area contributed by atoms with Crippen molar-refractivity contribution in [3.63, 3.8) is 0 Å². The second kappa shape index (κ2) is 10.3. The first-order chi connectivity index (χ1) is 15.9. The quantitative estimate of drug-likeness (QED) is 0.441. The van der Waals surface area contributed by atoms with Gasteiger partial charge in [-0.25, -0.2) is 16.8 Å². The zero-order valence-electron chi connectivity index (χ0n) is 18.9. The van der Waals surface area contributed by atoms with Crippen LogP contribution in [0.2, 0.25) is 0 Å². The number of halogens is 1. The SMILES string of the molecule is Cc1ccc(S(=O)(=O)N(CC(=O)NC(C)c2ccc(S(C)(=O)=O)cc2)c2ccc(Br)cc2)cc1. The Bertz CT molecular complexity index is 1370. The fourth-order valence-electron chi connectivity index (χ4n) is 3.26. The summed E-state index contributed by atoms with van der Waals surface area (Å²) in [6, 6.07) is 18.8. The molecule has 1 unspecified atom stereocenters. The highest BCUT2D eigenvalue weighted by molar-refractivity contribution is 9.10. The highest BCUT2D eigenvalue weighted by Gasteiger charge is 2.27. The molecule has 0 spiro atoms. The van der Waals surface area contributed by atoms with Crippen LogP contribution in [0.5, 0.6) is 0 Å². The van der Waals surface area contributed by atoms with Crippen molar-refractivity contribution >= 4 is 47.4 Å². The van der Waals surface area contributed by atoms with Crippen LogP contribution in [0.25, 0.3) is 0 Å². The van der Waals surface area contributed by atoms with E-state index in [9.17, 15) is 21.6 Å². The largest absolute Gasteiger partial charge is 0.348 e. The van der Waals surface area contributed by atoms with Crippen molar-refractivity contribution in [3.8, 4) is 0 Å². The second-order valence-corrected chi connectivity index (χ2v) is 12.7. The predicted octanol–water partition coefficient (Wildman–Crippen LogP) is 4.23. The highest BCUT2D eigenvalue weighted by atomic mass is 79.9. The fourth-order valence-corrected chi connectivity index (χ4v) is 5.58. The number of amides is 1. The molecule has 34 heavy (non-hydrogen) atoms. The van der Waals surface area contributed by atoms with E-state index in [1.165, 1.54) is 24.3 Å². The van der Waals surface area contributed by atoms with Gasteiger partial charge in [0.25, 0.3) is 10.0 Å². The van der Waals surface area contributed by atoms with Crippen LogP contribution < -0.4 is 9.62 Å². The van der Waals surface area contributed by atoms with E-state index in [4.69, 9.17) is 0 Å². The fraction of sp³-hybridized carbons (Fsp3) is 0.208. The molecule has 10 heteroatoms. The summed E-state index contributed by atoms with van der Waals surface area (Å²) in [5, 5.41) is 2.79. The van der Waals surface area contributed by atoms with Crippen LogP contribution >= 0.6 is 15.9 Å². The third-order valence-electron chi connectivity index (χ3n) is 5.20. The topological polar surface area (TPSA) is 101 Å². The lowest BCUT2D eigenvalue weighted by molar-refractivity contribution is -0.120. The summed E-state index contributed by atoms with van der Waals surface area (Å²) in [5.74, 6) is -0.502. The minimum atomic E-state index is -4.01. The number of sulfone groups is 1. The third-order valence-corrected chi connectivity index (χ3v) is 8.64. The summed E-state index contributed by atoms with van der Waals surface area (Å²) in [6.45, 7) is 3.18. The van der Waals surface area contributed by atoms with Crippen molar-refractivity contribution in [2.24, 2.45) is 0 Å². The van der Waals surface area contributed by atoms with E-state index in [0.29, 0.717) is 11.3 Å². The molecule has 0 bridgehead atoms. The van der Waals surface area contributed by atoms with Crippen molar-refractivity contribution in [3.05, 3.63) is 88.4 Å². The molecule has 0 fully saturated rings. The predicted molar refractivity (Wildman–Crippen MR) is 136 cm³/mol. The standard InChI is InChI=1S/C24H25BrN2O5S2/c1-17-4-12-23(13-5-17)34(31,32)27(21-10-8-20(25)9-11-21)16-24(28)26-18(2)19-6-14-22(15-7-19)33(3,29)30/h4-15,18H,16H2,1-3H3,(H,26,28). The molecule has 7 nitrogen and oxygen atoms in total. The molecule has 0 saturated carbocycles. The van der Waals surface area contributed by atoms with E-state index in [-0.39, 0.29) is 9.79 Å². The Labute approximate surface area is 208 Å². The lowest BCUT2D eigenvalue weighted by atomic mass is 10.1. The van der Waals surface area contributed by atoms with Gasteiger partial charge in [-0.2, -0.15) is 0 Å². The highest BCUT2D eigenvalue weighted by Crippen LogP contribution is 2.26. The second-order valence-electron chi connectivity index (χ2n) is 7.93. The van der Waals surface area contributed by atoms with Crippen molar-refractivity contribution in [2.45, 2.75) is 29.7 Å². The number of nitrogens with one attached hydrogen (secondary N) is 1. The molecule has 0 aliphatic rings. The van der Waals surface area contributed by atoms with Crippen molar-refractivity contribution in [1.29, 1.82) is 0 Å². The molecule has 180 valence electrons. The molecule has 0 aliphatic carbocycles. The Morgan fingerprint density at radius 3 is 1.94 bits per heavy atom. The van der Waals surface area contributed by atoms with Crippen molar-refractivity contribution in [2.75, 3.05) is 17.1 Å². The Kier molecular flexibility index (Phi) is 7.84. The molecule has 1 N–H and O–H groups in total. The maximum atomic E-state index is 13.4. The van der Waals surface area contributed by atoms with E-state index in [1.807, 2.05) is 6.92 Å². The average molecular weight is 566 g/mol. The van der Waals surface area contributed by atoms with Gasteiger partial charge in [0.1, 0.15) is 6.54 Å². The van der Waals surface area contributed by atoms with E-state index < -0.39 is 38.4 Å². The van der Waals surface area contributed by atoms with Gasteiger partial charge in [0.2, 0.25) is 5.91 Å². The van der Waals surface area contributed by atoms with E-state index in [0.717, 1.165) is 20.6 Å². The molecule has 0 aromatic heterocycles. The number of carbonyl (C=O) groups excluding carboxylic acids is 1. The van der Waals surface area contributed by atoms with Gasteiger partial charge in [-0.05, 0) is 67.9 Å². The summed E-state index contributed by atoms with van der Waals surface area (Å²) in [4.78, 5) is 13.2. The summed E-state index contributed by atoms with van der Waals surface area (Å²) in [6.07, 6.45) is 1.12. The molecule has 0 radical (unpaired) electrons. The molecule has 0 saturated heterocycles. The molecule has 1 atom stereocenters. The van der Waals surface area contributed by atoms with E-state index >= 15 is 0 Å². The lowest BCUT2D eigenvalue weighted by Gasteiger charge is -2.25. The van der Waals surface area contributed by atoms with Crippen LogP contribution in [0.1, 0.15) is 24.1 Å². The van der Waals surface area contributed by atoms with Gasteiger partial charge in [0, 0.05) is 10.7 Å². The van der Waals surface area contributed by atoms with Gasteiger partial charge in [-0.1, -0.05) is 45.8 Å². The first kappa shape index (κ1) is 25.9. The number of nitrogens with zero attached hydrogens (tertiary/aromatic N) is 1. The molecule has 0 heterocycles. The van der Waals surface area contributed by atoms with Gasteiger partial charge in [0.05, 0.1) is 21.5 Å². The van der Waals surface area contributed by atoms with Gasteiger partial charge >= 0.3 is 0 Å². The summed E-state index contributed by atoms with van der Waals surface area (Å²) < 4.78 is 52.0. The molecule has 0 aliphatic heterocycles. The summed E-state index contributed by atoms with van der Waals surface area (Å²) >= 11 is 3.34. The number of hydrogen-bond acceptors (Lipinski definition) is 5. The molecule has 3 aromatic rings. The number of carbonyl (C=O) groups is 1. The van der Waals surface area contributed by atoms with Crippen LogP contribution in [-0.4, -0.2) is 35.5 Å². The monoisotopic (exact) mass is 564 g/mol.